The van der Waals surface area contributed by atoms with Gasteiger partial charge in [0.25, 0.3) is 0 Å². The van der Waals surface area contributed by atoms with Gasteiger partial charge < -0.3 is 10.0 Å². The molecule has 1 atom stereocenters. The fraction of sp³-hybridized carbons (Fsp3) is 0.467. The fourth-order valence-corrected chi connectivity index (χ4v) is 2.48. The SMILES string of the molecule is Cc1ccc(N2CCC(CC(=O)O)CC2=O)cc1C. The Hall–Kier alpha value is -1.84. The number of hydrogen-bond donors (Lipinski definition) is 1. The van der Waals surface area contributed by atoms with Gasteiger partial charge in [0.2, 0.25) is 5.91 Å². The molecular weight excluding hydrogens is 242 g/mol. The molecule has 1 aliphatic heterocycles. The number of aliphatic carboxylic acids is 1. The molecule has 1 saturated heterocycles. The Labute approximate surface area is 113 Å². The normalized spacial score (nSPS) is 19.6. The minimum absolute atomic E-state index is 0.0206. The number of carbonyl (C=O) groups is 2. The van der Waals surface area contributed by atoms with Gasteiger partial charge in [-0.1, -0.05) is 6.07 Å². The lowest BCUT2D eigenvalue weighted by atomic mass is 9.92. The quantitative estimate of drug-likeness (QED) is 0.909. The molecular formula is C15H19NO3. The highest BCUT2D eigenvalue weighted by Gasteiger charge is 2.28. The summed E-state index contributed by atoms with van der Waals surface area (Å²) in [5.74, 6) is -0.814. The summed E-state index contributed by atoms with van der Waals surface area (Å²) in [6, 6.07) is 5.99. The van der Waals surface area contributed by atoms with Crippen LogP contribution in [0.4, 0.5) is 5.69 Å². The monoisotopic (exact) mass is 261 g/mol. The molecule has 0 aliphatic carbocycles. The zero-order chi connectivity index (χ0) is 14.0. The molecule has 19 heavy (non-hydrogen) atoms. The van der Waals surface area contributed by atoms with E-state index in [2.05, 4.69) is 0 Å². The van der Waals surface area contributed by atoms with Crippen LogP contribution in [-0.4, -0.2) is 23.5 Å². The highest BCUT2D eigenvalue weighted by Crippen LogP contribution is 2.27. The third-order valence-corrected chi connectivity index (χ3v) is 3.79. The minimum Gasteiger partial charge on any atom is -0.481 e. The number of piperidine rings is 1. The number of rotatable bonds is 3. The number of carboxylic acids is 1. The maximum Gasteiger partial charge on any atom is 0.303 e. The van der Waals surface area contributed by atoms with Crippen LogP contribution in [0.3, 0.4) is 0 Å². The second kappa shape index (κ2) is 5.43. The predicted octanol–water partition coefficient (Wildman–Crippen LogP) is 2.52. The van der Waals surface area contributed by atoms with Crippen molar-refractivity contribution in [3.8, 4) is 0 Å². The number of hydrogen-bond acceptors (Lipinski definition) is 2. The second-order valence-electron chi connectivity index (χ2n) is 5.27. The Morgan fingerprint density at radius 2 is 2.11 bits per heavy atom. The van der Waals surface area contributed by atoms with E-state index in [1.54, 1.807) is 4.90 Å². The van der Waals surface area contributed by atoms with E-state index in [-0.39, 0.29) is 18.2 Å². The molecule has 1 aromatic rings. The van der Waals surface area contributed by atoms with Crippen LogP contribution in [0.2, 0.25) is 0 Å². The number of anilines is 1. The Morgan fingerprint density at radius 3 is 2.68 bits per heavy atom. The van der Waals surface area contributed by atoms with E-state index in [1.807, 2.05) is 32.0 Å². The molecule has 4 heteroatoms. The van der Waals surface area contributed by atoms with E-state index in [9.17, 15) is 9.59 Å². The first-order chi connectivity index (χ1) is 8.97. The van der Waals surface area contributed by atoms with Crippen LogP contribution in [0.1, 0.15) is 30.4 Å². The van der Waals surface area contributed by atoms with Crippen molar-refractivity contribution in [3.05, 3.63) is 29.3 Å². The molecule has 0 saturated carbocycles. The first kappa shape index (κ1) is 13.6. The molecule has 1 aliphatic rings. The summed E-state index contributed by atoms with van der Waals surface area (Å²) in [5.41, 5.74) is 3.29. The molecule has 1 amide bonds. The van der Waals surface area contributed by atoms with Gasteiger partial charge in [-0.2, -0.15) is 0 Å². The van der Waals surface area contributed by atoms with Crippen molar-refractivity contribution in [2.45, 2.75) is 33.1 Å². The molecule has 2 rings (SSSR count). The molecule has 102 valence electrons. The molecule has 1 unspecified atom stereocenters. The molecule has 1 N–H and O–H groups in total. The number of benzene rings is 1. The van der Waals surface area contributed by atoms with E-state index >= 15 is 0 Å². The van der Waals surface area contributed by atoms with Crippen LogP contribution < -0.4 is 4.90 Å². The van der Waals surface area contributed by atoms with Gasteiger partial charge >= 0.3 is 5.97 Å². The standard InChI is InChI=1S/C15H19NO3/c1-10-3-4-13(7-11(10)2)16-6-5-12(8-14(16)17)9-15(18)19/h3-4,7,12H,5-6,8-9H2,1-2H3,(H,18,19). The third kappa shape index (κ3) is 3.13. The van der Waals surface area contributed by atoms with Crippen LogP contribution in [-0.2, 0) is 9.59 Å². The maximum absolute atomic E-state index is 12.1. The Morgan fingerprint density at radius 1 is 1.37 bits per heavy atom. The van der Waals surface area contributed by atoms with Crippen LogP contribution >= 0.6 is 0 Å². The Kier molecular flexibility index (Phi) is 3.88. The highest BCUT2D eigenvalue weighted by molar-refractivity contribution is 5.94. The first-order valence-corrected chi connectivity index (χ1v) is 6.57. The summed E-state index contributed by atoms with van der Waals surface area (Å²) in [4.78, 5) is 24.6. The van der Waals surface area contributed by atoms with Crippen molar-refractivity contribution in [1.82, 2.24) is 0 Å². The van der Waals surface area contributed by atoms with Crippen LogP contribution in [0.25, 0.3) is 0 Å². The molecule has 0 bridgehead atoms. The summed E-state index contributed by atoms with van der Waals surface area (Å²) in [6.45, 7) is 4.68. The minimum atomic E-state index is -0.822. The van der Waals surface area contributed by atoms with Crippen LogP contribution in [0.5, 0.6) is 0 Å². The van der Waals surface area contributed by atoms with Gasteiger partial charge in [0.05, 0.1) is 0 Å². The molecule has 4 nitrogen and oxygen atoms in total. The summed E-state index contributed by atoms with van der Waals surface area (Å²) in [6.07, 6.45) is 1.18. The number of aryl methyl sites for hydroxylation is 2. The highest BCUT2D eigenvalue weighted by atomic mass is 16.4. The first-order valence-electron chi connectivity index (χ1n) is 6.57. The Bertz CT molecular complexity index is 510. The largest absolute Gasteiger partial charge is 0.481 e. The number of nitrogens with zero attached hydrogens (tertiary/aromatic N) is 1. The summed E-state index contributed by atoms with van der Waals surface area (Å²) in [5, 5.41) is 8.78. The molecule has 0 aromatic heterocycles. The van der Waals surface area contributed by atoms with E-state index in [0.29, 0.717) is 13.0 Å². The van der Waals surface area contributed by atoms with Crippen LogP contribution in [0.15, 0.2) is 18.2 Å². The van der Waals surface area contributed by atoms with Gasteiger partial charge in [-0.15, -0.1) is 0 Å². The molecule has 0 spiro atoms. The van der Waals surface area contributed by atoms with Gasteiger partial charge in [-0.3, -0.25) is 9.59 Å². The lowest BCUT2D eigenvalue weighted by Crippen LogP contribution is -2.39. The van der Waals surface area contributed by atoms with Crippen molar-refractivity contribution in [2.24, 2.45) is 5.92 Å². The molecule has 0 radical (unpaired) electrons. The van der Waals surface area contributed by atoms with Crippen molar-refractivity contribution < 1.29 is 14.7 Å². The average Bonchev–Trinajstić information content (AvgIpc) is 2.32. The summed E-state index contributed by atoms with van der Waals surface area (Å²) in [7, 11) is 0. The summed E-state index contributed by atoms with van der Waals surface area (Å²) < 4.78 is 0. The molecule has 1 aromatic carbocycles. The van der Waals surface area contributed by atoms with Crippen molar-refractivity contribution in [2.75, 3.05) is 11.4 Å². The predicted molar refractivity (Wildman–Crippen MR) is 73.2 cm³/mol. The van der Waals surface area contributed by atoms with Gasteiger partial charge in [-0.25, -0.2) is 0 Å². The van der Waals surface area contributed by atoms with E-state index in [0.717, 1.165) is 17.7 Å². The van der Waals surface area contributed by atoms with Crippen LogP contribution in [0, 0.1) is 19.8 Å². The summed E-state index contributed by atoms with van der Waals surface area (Å²) >= 11 is 0. The lowest BCUT2D eigenvalue weighted by molar-refractivity contribution is -0.138. The number of carboxylic acid groups (broad SMARTS) is 1. The van der Waals surface area contributed by atoms with Gasteiger partial charge in [0.15, 0.2) is 0 Å². The molecule has 1 fully saturated rings. The topological polar surface area (TPSA) is 57.6 Å². The third-order valence-electron chi connectivity index (χ3n) is 3.79. The van der Waals surface area contributed by atoms with Gasteiger partial charge in [0.1, 0.15) is 0 Å². The van der Waals surface area contributed by atoms with Gasteiger partial charge in [-0.05, 0) is 49.4 Å². The van der Waals surface area contributed by atoms with E-state index < -0.39 is 5.97 Å². The lowest BCUT2D eigenvalue weighted by Gasteiger charge is -2.31. The number of carbonyl (C=O) groups excluding carboxylic acids is 1. The van der Waals surface area contributed by atoms with Crippen molar-refractivity contribution in [1.29, 1.82) is 0 Å². The van der Waals surface area contributed by atoms with E-state index in [4.69, 9.17) is 5.11 Å². The molecule has 1 heterocycles. The Balaban J connectivity index is 2.09. The number of amides is 1. The zero-order valence-corrected chi connectivity index (χ0v) is 11.3. The van der Waals surface area contributed by atoms with E-state index in [1.165, 1.54) is 5.56 Å². The van der Waals surface area contributed by atoms with Crippen molar-refractivity contribution >= 4 is 17.6 Å². The zero-order valence-electron chi connectivity index (χ0n) is 11.3. The second-order valence-corrected chi connectivity index (χ2v) is 5.27. The van der Waals surface area contributed by atoms with Gasteiger partial charge in [0, 0.05) is 25.1 Å². The van der Waals surface area contributed by atoms with Crippen molar-refractivity contribution in [3.63, 3.8) is 0 Å². The maximum atomic E-state index is 12.1. The average molecular weight is 261 g/mol. The smallest absolute Gasteiger partial charge is 0.303 e. The fourth-order valence-electron chi connectivity index (χ4n) is 2.48.